The van der Waals surface area contributed by atoms with Crippen LogP contribution in [0.3, 0.4) is 0 Å². The lowest BCUT2D eigenvalue weighted by Crippen LogP contribution is -2.76. The molecule has 24 heavy (non-hydrogen) atoms. The zero-order valence-electron chi connectivity index (χ0n) is 14.7. The minimum Gasteiger partial charge on any atom is -0.392 e. The first-order valence-corrected chi connectivity index (χ1v) is 9.21. The van der Waals surface area contributed by atoms with Crippen molar-refractivity contribution in [1.29, 1.82) is 0 Å². The van der Waals surface area contributed by atoms with E-state index in [0.29, 0.717) is 5.92 Å². The second-order valence-electron chi connectivity index (χ2n) is 9.90. The van der Waals surface area contributed by atoms with Gasteiger partial charge in [0.15, 0.2) is 5.72 Å². The van der Waals surface area contributed by atoms with E-state index in [1.165, 1.54) is 19.3 Å². The summed E-state index contributed by atoms with van der Waals surface area (Å²) in [5, 5.41) is 43.9. The van der Waals surface area contributed by atoms with Crippen molar-refractivity contribution in [2.45, 2.75) is 81.9 Å². The van der Waals surface area contributed by atoms with E-state index in [4.69, 9.17) is 4.74 Å². The number of rotatable bonds is 3. The Morgan fingerprint density at radius 3 is 2.17 bits per heavy atom. The van der Waals surface area contributed by atoms with Crippen molar-refractivity contribution in [1.82, 2.24) is 5.32 Å². The van der Waals surface area contributed by atoms with Crippen LogP contribution >= 0.6 is 0 Å². The Bertz CT molecular complexity index is 510. The molecule has 5 N–H and O–H groups in total. The van der Waals surface area contributed by atoms with Crippen molar-refractivity contribution in [3.05, 3.63) is 0 Å². The summed E-state index contributed by atoms with van der Waals surface area (Å²) in [6, 6.07) is 0. The van der Waals surface area contributed by atoms with Gasteiger partial charge in [-0.25, -0.2) is 0 Å². The second-order valence-corrected chi connectivity index (χ2v) is 9.90. The van der Waals surface area contributed by atoms with Gasteiger partial charge in [0.2, 0.25) is 0 Å². The van der Waals surface area contributed by atoms with Gasteiger partial charge in [-0.05, 0) is 55.3 Å². The molecule has 0 amide bonds. The van der Waals surface area contributed by atoms with Crippen LogP contribution in [0, 0.1) is 16.7 Å². The van der Waals surface area contributed by atoms with Crippen LogP contribution in [0.25, 0.3) is 0 Å². The Hall–Kier alpha value is -0.240. The first kappa shape index (κ1) is 17.2. The Morgan fingerprint density at radius 1 is 1.00 bits per heavy atom. The number of hydrogen-bond acceptors (Lipinski definition) is 6. The quantitative estimate of drug-likeness (QED) is 0.500. The van der Waals surface area contributed by atoms with Crippen LogP contribution in [0.2, 0.25) is 0 Å². The van der Waals surface area contributed by atoms with Gasteiger partial charge in [0.1, 0.15) is 18.3 Å². The minimum absolute atomic E-state index is 0.0974. The van der Waals surface area contributed by atoms with E-state index >= 15 is 0 Å². The zero-order valence-corrected chi connectivity index (χ0v) is 14.7. The topological polar surface area (TPSA) is 102 Å². The molecule has 0 aromatic carbocycles. The van der Waals surface area contributed by atoms with E-state index in [1.54, 1.807) is 0 Å². The molecular formula is C18H31NO5. The molecule has 4 saturated carbocycles. The molecule has 5 aliphatic rings. The Labute approximate surface area is 143 Å². The largest absolute Gasteiger partial charge is 0.392 e. The lowest BCUT2D eigenvalue weighted by molar-refractivity contribution is -0.275. The third-order valence-electron chi connectivity index (χ3n) is 7.05. The molecule has 4 aliphatic carbocycles. The first-order chi connectivity index (χ1) is 11.1. The van der Waals surface area contributed by atoms with Gasteiger partial charge in [-0.3, -0.25) is 5.32 Å². The lowest BCUT2D eigenvalue weighted by Gasteiger charge is -2.67. The summed E-state index contributed by atoms with van der Waals surface area (Å²) in [7, 11) is 0. The molecule has 1 heterocycles. The highest BCUT2D eigenvalue weighted by atomic mass is 16.6. The average molecular weight is 341 g/mol. The van der Waals surface area contributed by atoms with Crippen LogP contribution < -0.4 is 5.32 Å². The summed E-state index contributed by atoms with van der Waals surface area (Å²) in [5.41, 5.74) is -1.02. The Balaban J connectivity index is 1.64. The van der Waals surface area contributed by atoms with Crippen molar-refractivity contribution in [3.63, 3.8) is 0 Å². The molecular weight excluding hydrogens is 310 g/mol. The molecule has 1 unspecified atom stereocenters. The van der Waals surface area contributed by atoms with Crippen molar-refractivity contribution in [2.24, 2.45) is 16.7 Å². The highest BCUT2D eigenvalue weighted by molar-refractivity contribution is 5.16. The van der Waals surface area contributed by atoms with Gasteiger partial charge in [0.05, 0.1) is 13.2 Å². The monoisotopic (exact) mass is 341 g/mol. The molecule has 6 heteroatoms. The highest BCUT2D eigenvalue weighted by Gasteiger charge is 2.63. The zero-order chi connectivity index (χ0) is 17.4. The maximum atomic E-state index is 10.5. The molecule has 4 bridgehead atoms. The fraction of sp³-hybridized carbons (Fsp3) is 1.00. The first-order valence-electron chi connectivity index (χ1n) is 9.21. The number of nitrogens with one attached hydrogen (secondary N) is 1. The summed E-state index contributed by atoms with van der Waals surface area (Å²) >= 11 is 0. The Morgan fingerprint density at radius 2 is 1.62 bits per heavy atom. The molecule has 5 fully saturated rings. The number of aliphatic hydroxyl groups excluding tert-OH is 4. The number of aliphatic hydroxyl groups is 4. The molecule has 1 aliphatic heterocycles. The van der Waals surface area contributed by atoms with Gasteiger partial charge >= 0.3 is 0 Å². The second kappa shape index (κ2) is 5.15. The molecule has 6 atom stereocenters. The smallest absolute Gasteiger partial charge is 0.171 e. The summed E-state index contributed by atoms with van der Waals surface area (Å²) in [6.07, 6.45) is 2.95. The third kappa shape index (κ3) is 2.46. The number of ether oxygens (including phenoxy) is 1. The molecule has 0 radical (unpaired) electrons. The molecule has 0 aromatic heterocycles. The molecule has 5 rings (SSSR count). The van der Waals surface area contributed by atoms with Crippen LogP contribution in [-0.2, 0) is 4.74 Å². The molecule has 0 aromatic rings. The van der Waals surface area contributed by atoms with Gasteiger partial charge in [0, 0.05) is 5.54 Å². The van der Waals surface area contributed by atoms with Crippen LogP contribution in [-0.4, -0.2) is 63.2 Å². The van der Waals surface area contributed by atoms with Crippen molar-refractivity contribution >= 4 is 0 Å². The van der Waals surface area contributed by atoms with Gasteiger partial charge in [-0.2, -0.15) is 0 Å². The predicted octanol–water partition coefficient (Wildman–Crippen LogP) is 0.126. The van der Waals surface area contributed by atoms with E-state index in [9.17, 15) is 20.4 Å². The van der Waals surface area contributed by atoms with Crippen LogP contribution in [0.15, 0.2) is 0 Å². The summed E-state index contributed by atoms with van der Waals surface area (Å²) in [6.45, 7) is 4.18. The summed E-state index contributed by atoms with van der Waals surface area (Å²) in [5.74, 6) is 0.663. The van der Waals surface area contributed by atoms with Crippen molar-refractivity contribution in [2.75, 3.05) is 13.2 Å². The fourth-order valence-corrected chi connectivity index (χ4v) is 7.23. The third-order valence-corrected chi connectivity index (χ3v) is 7.05. The SMILES string of the molecule is C[C@@]12CC3CC(NC4(CO)OC[C@@H](O)[C@H](O)[C@@H]4O)(C1)C[C@@](C)(C3)C2. The van der Waals surface area contributed by atoms with E-state index in [1.807, 2.05) is 0 Å². The maximum Gasteiger partial charge on any atom is 0.171 e. The summed E-state index contributed by atoms with van der Waals surface area (Å²) < 4.78 is 5.69. The molecule has 6 nitrogen and oxygen atoms in total. The summed E-state index contributed by atoms with van der Waals surface area (Å²) in [4.78, 5) is 0. The highest BCUT2D eigenvalue weighted by Crippen LogP contribution is 2.66. The number of hydrogen-bond donors (Lipinski definition) is 5. The van der Waals surface area contributed by atoms with E-state index in [2.05, 4.69) is 19.2 Å². The minimum atomic E-state index is -1.41. The van der Waals surface area contributed by atoms with E-state index < -0.39 is 30.6 Å². The average Bonchev–Trinajstić information content (AvgIpc) is 2.44. The Kier molecular flexibility index (Phi) is 3.69. The van der Waals surface area contributed by atoms with E-state index in [0.717, 1.165) is 19.3 Å². The predicted molar refractivity (Wildman–Crippen MR) is 87.1 cm³/mol. The van der Waals surface area contributed by atoms with Gasteiger partial charge in [-0.15, -0.1) is 0 Å². The maximum absolute atomic E-state index is 10.5. The fourth-order valence-electron chi connectivity index (χ4n) is 7.23. The van der Waals surface area contributed by atoms with Gasteiger partial charge < -0.3 is 25.2 Å². The normalized spacial score (nSPS) is 59.8. The van der Waals surface area contributed by atoms with E-state index in [-0.39, 0.29) is 23.0 Å². The van der Waals surface area contributed by atoms with Gasteiger partial charge in [-0.1, -0.05) is 13.8 Å². The van der Waals surface area contributed by atoms with Crippen molar-refractivity contribution < 1.29 is 25.2 Å². The van der Waals surface area contributed by atoms with Crippen LogP contribution in [0.1, 0.15) is 52.4 Å². The molecule has 138 valence electrons. The van der Waals surface area contributed by atoms with Gasteiger partial charge in [0.25, 0.3) is 0 Å². The lowest BCUT2D eigenvalue weighted by atomic mass is 9.42. The van der Waals surface area contributed by atoms with Crippen molar-refractivity contribution in [3.8, 4) is 0 Å². The van der Waals surface area contributed by atoms with Crippen LogP contribution in [0.5, 0.6) is 0 Å². The standard InChI is InChI=1S/C18H31NO5/c1-15-3-11-4-16(2,7-15)9-17(5-11,8-15)19-18(10-20)14(23)13(22)12(21)6-24-18/h11-14,19-23H,3-10H2,1-2H3/t11?,12-,13+,14+,15+,16+,17?,18?/m1/s1. The molecule has 1 saturated heterocycles. The van der Waals surface area contributed by atoms with Crippen LogP contribution in [0.4, 0.5) is 0 Å². The molecule has 0 spiro atoms.